The number of hydrogen-bond acceptors (Lipinski definition) is 4. The van der Waals surface area contributed by atoms with Gasteiger partial charge in [0.1, 0.15) is 6.67 Å². The van der Waals surface area contributed by atoms with E-state index in [1.54, 1.807) is 4.90 Å². The Morgan fingerprint density at radius 1 is 1.22 bits per heavy atom. The minimum absolute atomic E-state index is 0.0521. The van der Waals surface area contributed by atoms with Crippen molar-refractivity contribution in [1.82, 2.24) is 10.2 Å². The van der Waals surface area contributed by atoms with Crippen LogP contribution in [-0.2, 0) is 11.2 Å². The maximum atomic E-state index is 13.3. The number of rotatable bonds is 7. The second kappa shape index (κ2) is 8.38. The van der Waals surface area contributed by atoms with Gasteiger partial charge in [-0.3, -0.25) is 9.69 Å². The lowest BCUT2D eigenvalue weighted by atomic mass is 10.1. The highest BCUT2D eigenvalue weighted by Gasteiger charge is 2.47. The molecule has 1 amide bonds. The quantitative estimate of drug-likeness (QED) is 0.683. The Kier molecular flexibility index (Phi) is 6.50. The second-order valence-corrected chi connectivity index (χ2v) is 5.97. The first-order chi connectivity index (χ1) is 11.1. The fourth-order valence-corrected chi connectivity index (χ4v) is 3.25. The number of carbonyl (C=O) groups excluding carboxylic acids is 1. The summed E-state index contributed by atoms with van der Waals surface area (Å²) >= 11 is 0. The number of benzene rings is 1. The van der Waals surface area contributed by atoms with E-state index < -0.39 is 31.0 Å². The summed E-state index contributed by atoms with van der Waals surface area (Å²) in [7, 11) is 1.52. The molecule has 1 aliphatic rings. The molecule has 0 radical (unpaired) electrons. The highest BCUT2D eigenvalue weighted by Crippen LogP contribution is 2.28. The van der Waals surface area contributed by atoms with Crippen LogP contribution in [0.2, 0.25) is 0 Å². The van der Waals surface area contributed by atoms with Crippen molar-refractivity contribution in [3.05, 3.63) is 35.9 Å². The van der Waals surface area contributed by atoms with Gasteiger partial charge in [0.15, 0.2) is 0 Å². The van der Waals surface area contributed by atoms with Crippen LogP contribution in [0.3, 0.4) is 0 Å². The summed E-state index contributed by atoms with van der Waals surface area (Å²) in [6.45, 7) is -0.215. The molecule has 23 heavy (non-hydrogen) atoms. The van der Waals surface area contributed by atoms with Crippen molar-refractivity contribution < 1.29 is 19.4 Å². The first kappa shape index (κ1) is 17.8. The molecule has 1 aromatic carbocycles. The standard InChI is InChI=1S/C17H25FN2O3/c1-19-15(21)10-13-16(22)17(23)14(11-18)20(13)9-5-8-12-6-3-2-4-7-12/h2-4,6-7,13-14,16-17,22-23H,5,8-11H2,1H3,(H,19,21). The molecular formula is C17H25FN2O3. The summed E-state index contributed by atoms with van der Waals surface area (Å²) in [4.78, 5) is 13.4. The molecule has 1 saturated heterocycles. The van der Waals surface area contributed by atoms with E-state index in [9.17, 15) is 19.4 Å². The smallest absolute Gasteiger partial charge is 0.221 e. The third-order valence-corrected chi connectivity index (χ3v) is 4.55. The maximum Gasteiger partial charge on any atom is 0.221 e. The number of aryl methyl sites for hydroxylation is 1. The molecule has 1 aromatic rings. The van der Waals surface area contributed by atoms with Crippen LogP contribution in [0, 0.1) is 0 Å². The fraction of sp³-hybridized carbons (Fsp3) is 0.588. The molecular weight excluding hydrogens is 299 g/mol. The molecule has 0 spiro atoms. The average Bonchev–Trinajstić information content (AvgIpc) is 2.80. The fourth-order valence-electron chi connectivity index (χ4n) is 3.25. The first-order valence-corrected chi connectivity index (χ1v) is 8.00. The number of alkyl halides is 1. The van der Waals surface area contributed by atoms with E-state index in [-0.39, 0.29) is 12.3 Å². The molecule has 0 aliphatic carbocycles. The van der Waals surface area contributed by atoms with Gasteiger partial charge in [0.05, 0.1) is 18.2 Å². The Morgan fingerprint density at radius 3 is 2.48 bits per heavy atom. The molecule has 128 valence electrons. The highest BCUT2D eigenvalue weighted by atomic mass is 19.1. The molecule has 3 N–H and O–H groups in total. The SMILES string of the molecule is CNC(=O)CC1C(O)C(O)C(CF)N1CCCc1ccccc1. The molecule has 1 heterocycles. The molecule has 2 rings (SSSR count). The van der Waals surface area contributed by atoms with Crippen molar-refractivity contribution >= 4 is 5.91 Å². The minimum Gasteiger partial charge on any atom is -0.389 e. The molecule has 1 aliphatic heterocycles. The van der Waals surface area contributed by atoms with E-state index >= 15 is 0 Å². The maximum absolute atomic E-state index is 13.3. The third kappa shape index (κ3) is 4.28. The van der Waals surface area contributed by atoms with Crippen molar-refractivity contribution in [3.8, 4) is 0 Å². The largest absolute Gasteiger partial charge is 0.389 e. The number of nitrogens with zero attached hydrogens (tertiary/aromatic N) is 1. The number of aliphatic hydroxyl groups excluding tert-OH is 2. The van der Waals surface area contributed by atoms with Gasteiger partial charge < -0.3 is 15.5 Å². The minimum atomic E-state index is -1.16. The van der Waals surface area contributed by atoms with Crippen LogP contribution < -0.4 is 5.32 Å². The van der Waals surface area contributed by atoms with Crippen LogP contribution >= 0.6 is 0 Å². The molecule has 6 heteroatoms. The molecule has 0 aromatic heterocycles. The van der Waals surface area contributed by atoms with Gasteiger partial charge >= 0.3 is 0 Å². The summed E-state index contributed by atoms with van der Waals surface area (Å²) in [6.07, 6.45) is -0.619. The van der Waals surface area contributed by atoms with E-state index in [2.05, 4.69) is 5.32 Å². The van der Waals surface area contributed by atoms with Crippen molar-refractivity contribution in [2.24, 2.45) is 0 Å². The van der Waals surface area contributed by atoms with Gasteiger partial charge in [-0.05, 0) is 24.9 Å². The van der Waals surface area contributed by atoms with Crippen molar-refractivity contribution in [3.63, 3.8) is 0 Å². The molecule has 0 saturated carbocycles. The monoisotopic (exact) mass is 324 g/mol. The highest BCUT2D eigenvalue weighted by molar-refractivity contribution is 5.76. The molecule has 4 unspecified atom stereocenters. The van der Waals surface area contributed by atoms with E-state index in [4.69, 9.17) is 0 Å². The summed E-state index contributed by atoms with van der Waals surface area (Å²) in [5, 5.41) is 22.7. The number of halogens is 1. The topological polar surface area (TPSA) is 72.8 Å². The Labute approximate surface area is 136 Å². The lowest BCUT2D eigenvalue weighted by molar-refractivity contribution is -0.122. The van der Waals surface area contributed by atoms with Crippen molar-refractivity contribution in [1.29, 1.82) is 0 Å². The average molecular weight is 324 g/mol. The zero-order valence-electron chi connectivity index (χ0n) is 13.4. The number of nitrogens with one attached hydrogen (secondary N) is 1. The molecule has 1 fully saturated rings. The molecule has 5 nitrogen and oxygen atoms in total. The number of amides is 1. The zero-order valence-corrected chi connectivity index (χ0v) is 13.4. The summed E-state index contributed by atoms with van der Waals surface area (Å²) in [5.74, 6) is -0.228. The van der Waals surface area contributed by atoms with Crippen LogP contribution in [-0.4, -0.2) is 65.6 Å². The Balaban J connectivity index is 2.00. The summed E-state index contributed by atoms with van der Waals surface area (Å²) in [6, 6.07) is 8.64. The second-order valence-electron chi connectivity index (χ2n) is 5.97. The predicted octanol–water partition coefficient (Wildman–Crippen LogP) is 0.499. The van der Waals surface area contributed by atoms with Crippen LogP contribution in [0.25, 0.3) is 0 Å². The lowest BCUT2D eigenvalue weighted by Gasteiger charge is -2.28. The third-order valence-electron chi connectivity index (χ3n) is 4.55. The van der Waals surface area contributed by atoms with Crippen LogP contribution in [0.1, 0.15) is 18.4 Å². The Morgan fingerprint density at radius 2 is 1.87 bits per heavy atom. The van der Waals surface area contributed by atoms with E-state index in [1.807, 2.05) is 30.3 Å². The van der Waals surface area contributed by atoms with Crippen LogP contribution in [0.5, 0.6) is 0 Å². The van der Waals surface area contributed by atoms with Gasteiger partial charge in [-0.2, -0.15) is 0 Å². The van der Waals surface area contributed by atoms with E-state index in [1.165, 1.54) is 12.6 Å². The number of aliphatic hydroxyl groups is 2. The Bertz CT molecular complexity index is 500. The van der Waals surface area contributed by atoms with E-state index in [0.29, 0.717) is 6.54 Å². The number of hydrogen-bond donors (Lipinski definition) is 3. The van der Waals surface area contributed by atoms with Gasteiger partial charge in [0.25, 0.3) is 0 Å². The van der Waals surface area contributed by atoms with Crippen molar-refractivity contribution in [2.45, 2.75) is 43.6 Å². The zero-order chi connectivity index (χ0) is 16.8. The predicted molar refractivity (Wildman–Crippen MR) is 85.7 cm³/mol. The van der Waals surface area contributed by atoms with Gasteiger partial charge in [0, 0.05) is 19.5 Å². The van der Waals surface area contributed by atoms with Crippen molar-refractivity contribution in [2.75, 3.05) is 20.3 Å². The van der Waals surface area contributed by atoms with Gasteiger partial charge in [-0.25, -0.2) is 4.39 Å². The van der Waals surface area contributed by atoms with Crippen LogP contribution in [0.15, 0.2) is 30.3 Å². The molecule has 4 atom stereocenters. The Hall–Kier alpha value is -1.50. The summed E-state index contributed by atoms with van der Waals surface area (Å²) in [5.41, 5.74) is 1.19. The van der Waals surface area contributed by atoms with E-state index in [0.717, 1.165) is 12.8 Å². The van der Waals surface area contributed by atoms with Gasteiger partial charge in [-0.1, -0.05) is 30.3 Å². The number of likely N-dealkylation sites (tertiary alicyclic amines) is 1. The van der Waals surface area contributed by atoms with Crippen LogP contribution in [0.4, 0.5) is 4.39 Å². The first-order valence-electron chi connectivity index (χ1n) is 8.00. The normalized spacial score (nSPS) is 28.0. The van der Waals surface area contributed by atoms with Gasteiger partial charge in [0.2, 0.25) is 5.91 Å². The lowest BCUT2D eigenvalue weighted by Crippen LogP contribution is -2.43. The van der Waals surface area contributed by atoms with Gasteiger partial charge in [-0.15, -0.1) is 0 Å². The molecule has 0 bridgehead atoms. The number of carbonyl (C=O) groups is 1. The summed E-state index contributed by atoms with van der Waals surface area (Å²) < 4.78 is 13.3.